The maximum Gasteiger partial charge on any atom is 0.124 e. The zero-order chi connectivity index (χ0) is 15.4. The van der Waals surface area contributed by atoms with Crippen LogP contribution in [0.4, 0.5) is 11.5 Å². The molecule has 0 spiro atoms. The number of nitrogens with two attached hydrogens (primary N) is 1. The van der Waals surface area contributed by atoms with E-state index in [-0.39, 0.29) is 37.2 Å². The summed E-state index contributed by atoms with van der Waals surface area (Å²) in [6.45, 7) is 1.63. The molecular formula is C18H23Cl3N4. The van der Waals surface area contributed by atoms with E-state index in [0.29, 0.717) is 5.82 Å². The average Bonchev–Trinajstić information content (AvgIpc) is 2.53. The van der Waals surface area contributed by atoms with Gasteiger partial charge in [-0.25, -0.2) is 4.98 Å². The van der Waals surface area contributed by atoms with Gasteiger partial charge in [0.05, 0.1) is 5.52 Å². The molecule has 0 aliphatic heterocycles. The van der Waals surface area contributed by atoms with Gasteiger partial charge in [0, 0.05) is 24.2 Å². The van der Waals surface area contributed by atoms with Gasteiger partial charge in [-0.2, -0.15) is 0 Å². The number of hydrogen-bond donors (Lipinski definition) is 3. The van der Waals surface area contributed by atoms with Crippen LogP contribution >= 0.6 is 37.2 Å². The molecule has 0 fully saturated rings. The lowest BCUT2D eigenvalue weighted by Crippen LogP contribution is -2.06. The summed E-state index contributed by atoms with van der Waals surface area (Å²) < 4.78 is 0. The normalized spacial score (nSPS) is 9.48. The van der Waals surface area contributed by atoms with Crippen LogP contribution < -0.4 is 16.4 Å². The first-order chi connectivity index (χ1) is 10.7. The van der Waals surface area contributed by atoms with Crippen molar-refractivity contribution in [2.45, 2.75) is 13.1 Å². The zero-order valence-corrected chi connectivity index (χ0v) is 16.3. The first-order valence-electron chi connectivity index (χ1n) is 7.37. The molecule has 0 bridgehead atoms. The molecule has 0 unspecified atom stereocenters. The van der Waals surface area contributed by atoms with Crippen molar-refractivity contribution in [1.29, 1.82) is 0 Å². The quantitative estimate of drug-likeness (QED) is 0.592. The molecule has 0 radical (unpaired) electrons. The molecule has 0 saturated carbocycles. The standard InChI is InChI=1S/C18H20N4.3ClH/c1-20-11-13-3-2-4-16(9-13)21-12-14-5-6-15-7-8-18(19)22-17(15)10-14;;;/h2-10,20-21H,11-12H2,1H3,(H2,19,22);3*1H. The van der Waals surface area contributed by atoms with Gasteiger partial charge in [-0.3, -0.25) is 0 Å². The van der Waals surface area contributed by atoms with Crippen molar-refractivity contribution in [2.75, 3.05) is 18.1 Å². The summed E-state index contributed by atoms with van der Waals surface area (Å²) >= 11 is 0. The van der Waals surface area contributed by atoms with Crippen molar-refractivity contribution < 1.29 is 0 Å². The van der Waals surface area contributed by atoms with Gasteiger partial charge in [0.1, 0.15) is 5.82 Å². The fourth-order valence-electron chi connectivity index (χ4n) is 2.49. The lowest BCUT2D eigenvalue weighted by molar-refractivity contribution is 0.818. The van der Waals surface area contributed by atoms with Crippen LogP contribution in [-0.2, 0) is 13.1 Å². The molecule has 0 saturated heterocycles. The number of aromatic nitrogens is 1. The Morgan fingerprint density at radius 1 is 0.880 bits per heavy atom. The van der Waals surface area contributed by atoms with Gasteiger partial charge < -0.3 is 16.4 Å². The molecule has 25 heavy (non-hydrogen) atoms. The van der Waals surface area contributed by atoms with Gasteiger partial charge in [0.2, 0.25) is 0 Å². The van der Waals surface area contributed by atoms with Gasteiger partial charge in [-0.15, -0.1) is 37.2 Å². The molecule has 3 rings (SSSR count). The summed E-state index contributed by atoms with van der Waals surface area (Å²) in [6.07, 6.45) is 0. The van der Waals surface area contributed by atoms with Crippen LogP contribution in [0.15, 0.2) is 54.6 Å². The molecule has 7 heteroatoms. The minimum Gasteiger partial charge on any atom is -0.384 e. The number of rotatable bonds is 5. The molecule has 1 aromatic heterocycles. The predicted octanol–water partition coefficient (Wildman–Crippen LogP) is 4.41. The highest BCUT2D eigenvalue weighted by molar-refractivity contribution is 5.86. The zero-order valence-electron chi connectivity index (χ0n) is 13.9. The third kappa shape index (κ3) is 6.25. The summed E-state index contributed by atoms with van der Waals surface area (Å²) in [6, 6.07) is 18.5. The van der Waals surface area contributed by atoms with E-state index >= 15 is 0 Å². The average molecular weight is 402 g/mol. The molecule has 0 amide bonds. The Kier molecular flexibility index (Phi) is 10.2. The number of halogens is 3. The number of pyridine rings is 1. The monoisotopic (exact) mass is 400 g/mol. The van der Waals surface area contributed by atoms with Crippen molar-refractivity contribution in [3.63, 3.8) is 0 Å². The SMILES string of the molecule is CNCc1cccc(NCc2ccc3ccc(N)nc3c2)c1.Cl.Cl.Cl. The van der Waals surface area contributed by atoms with E-state index in [1.807, 2.05) is 19.2 Å². The van der Waals surface area contributed by atoms with Crippen LogP contribution in [0, 0.1) is 0 Å². The third-order valence-corrected chi connectivity index (χ3v) is 3.58. The van der Waals surface area contributed by atoms with E-state index in [4.69, 9.17) is 5.73 Å². The highest BCUT2D eigenvalue weighted by Crippen LogP contribution is 2.17. The van der Waals surface area contributed by atoms with Crippen LogP contribution in [-0.4, -0.2) is 12.0 Å². The molecule has 1 heterocycles. The van der Waals surface area contributed by atoms with Crippen LogP contribution in [0.1, 0.15) is 11.1 Å². The second-order valence-electron chi connectivity index (χ2n) is 5.35. The lowest BCUT2D eigenvalue weighted by atomic mass is 10.1. The predicted molar refractivity (Wildman–Crippen MR) is 114 cm³/mol. The fraction of sp³-hybridized carbons (Fsp3) is 0.167. The van der Waals surface area contributed by atoms with E-state index < -0.39 is 0 Å². The molecule has 0 atom stereocenters. The summed E-state index contributed by atoms with van der Waals surface area (Å²) in [5, 5.41) is 7.72. The summed E-state index contributed by atoms with van der Waals surface area (Å²) in [7, 11) is 1.95. The van der Waals surface area contributed by atoms with Crippen molar-refractivity contribution in [2.24, 2.45) is 0 Å². The Labute approximate surface area is 166 Å². The number of nitrogens with one attached hydrogen (secondary N) is 2. The van der Waals surface area contributed by atoms with Gasteiger partial charge in [-0.05, 0) is 48.5 Å². The third-order valence-electron chi connectivity index (χ3n) is 3.58. The van der Waals surface area contributed by atoms with Crippen molar-refractivity contribution in [1.82, 2.24) is 10.3 Å². The summed E-state index contributed by atoms with van der Waals surface area (Å²) in [5.41, 5.74) is 10.3. The van der Waals surface area contributed by atoms with E-state index in [9.17, 15) is 0 Å². The smallest absolute Gasteiger partial charge is 0.124 e. The van der Waals surface area contributed by atoms with Gasteiger partial charge in [0.25, 0.3) is 0 Å². The molecule has 3 aromatic rings. The second-order valence-corrected chi connectivity index (χ2v) is 5.35. The molecule has 0 aliphatic rings. The fourth-order valence-corrected chi connectivity index (χ4v) is 2.49. The minimum atomic E-state index is 0. The Hall–Kier alpha value is -1.72. The van der Waals surface area contributed by atoms with E-state index in [1.54, 1.807) is 0 Å². The van der Waals surface area contributed by atoms with Gasteiger partial charge in [-0.1, -0.05) is 24.3 Å². The van der Waals surface area contributed by atoms with Crippen LogP contribution in [0.3, 0.4) is 0 Å². The molecule has 0 aliphatic carbocycles. The van der Waals surface area contributed by atoms with Crippen LogP contribution in [0.25, 0.3) is 10.9 Å². The summed E-state index contributed by atoms with van der Waals surface area (Å²) in [5.74, 6) is 0.553. The number of nitrogens with zero attached hydrogens (tertiary/aromatic N) is 1. The second kappa shape index (κ2) is 11.0. The van der Waals surface area contributed by atoms with Crippen molar-refractivity contribution >= 4 is 59.6 Å². The molecule has 4 nitrogen and oxygen atoms in total. The number of fused-ring (bicyclic) bond motifs is 1. The summed E-state index contributed by atoms with van der Waals surface area (Å²) in [4.78, 5) is 4.37. The van der Waals surface area contributed by atoms with Gasteiger partial charge in [0.15, 0.2) is 0 Å². The first kappa shape index (κ1) is 23.3. The Balaban J connectivity index is 0.00000192. The van der Waals surface area contributed by atoms with Crippen LogP contribution in [0.5, 0.6) is 0 Å². The Morgan fingerprint density at radius 2 is 1.60 bits per heavy atom. The molecule has 4 N–H and O–H groups in total. The highest BCUT2D eigenvalue weighted by Gasteiger charge is 2.00. The Bertz CT molecular complexity index is 796. The lowest BCUT2D eigenvalue weighted by Gasteiger charge is -2.09. The largest absolute Gasteiger partial charge is 0.384 e. The minimum absolute atomic E-state index is 0. The number of anilines is 2. The molecule has 136 valence electrons. The number of hydrogen-bond acceptors (Lipinski definition) is 4. The van der Waals surface area contributed by atoms with E-state index in [0.717, 1.165) is 29.7 Å². The maximum absolute atomic E-state index is 5.75. The van der Waals surface area contributed by atoms with E-state index in [1.165, 1.54) is 11.1 Å². The molecular weight excluding hydrogens is 379 g/mol. The van der Waals surface area contributed by atoms with Gasteiger partial charge >= 0.3 is 0 Å². The maximum atomic E-state index is 5.75. The van der Waals surface area contributed by atoms with E-state index in [2.05, 4.69) is 58.1 Å². The number of nitrogen functional groups attached to an aromatic ring is 1. The number of benzene rings is 2. The van der Waals surface area contributed by atoms with Crippen LogP contribution in [0.2, 0.25) is 0 Å². The molecule has 2 aromatic carbocycles. The first-order valence-corrected chi connectivity index (χ1v) is 7.37. The van der Waals surface area contributed by atoms with Crippen molar-refractivity contribution in [3.8, 4) is 0 Å². The Morgan fingerprint density at radius 3 is 2.36 bits per heavy atom. The highest BCUT2D eigenvalue weighted by atomic mass is 35.5. The van der Waals surface area contributed by atoms with Crippen molar-refractivity contribution in [3.05, 3.63) is 65.7 Å². The topological polar surface area (TPSA) is 63.0 Å².